The van der Waals surface area contributed by atoms with Crippen molar-refractivity contribution in [2.45, 2.75) is 32.5 Å². The zero-order valence-electron chi connectivity index (χ0n) is 14.2. The minimum Gasteiger partial charge on any atom is -0.449 e. The zero-order valence-corrected chi connectivity index (χ0v) is 15.0. The summed E-state index contributed by atoms with van der Waals surface area (Å²) in [5.74, 6) is 1.81. The third-order valence-corrected chi connectivity index (χ3v) is 4.80. The summed E-state index contributed by atoms with van der Waals surface area (Å²) in [6.45, 7) is 10.9. The molecule has 1 aliphatic heterocycles. The van der Waals surface area contributed by atoms with E-state index in [0.717, 1.165) is 61.0 Å². The molecule has 2 aromatic heterocycles. The van der Waals surface area contributed by atoms with E-state index in [1.54, 1.807) is 18.0 Å². The molecule has 0 amide bonds. The summed E-state index contributed by atoms with van der Waals surface area (Å²) in [6, 6.07) is 0. The second-order valence-corrected chi connectivity index (χ2v) is 6.64. The summed E-state index contributed by atoms with van der Waals surface area (Å²) >= 11 is 1.60. The molecule has 0 N–H and O–H groups in total. The van der Waals surface area contributed by atoms with Gasteiger partial charge in [-0.05, 0) is 20.1 Å². The van der Waals surface area contributed by atoms with Crippen LogP contribution in [0.1, 0.15) is 22.8 Å². The van der Waals surface area contributed by atoms with E-state index in [1.165, 1.54) is 5.56 Å². The standard InChI is InChI=1S/C16H23N5OS/c1-11-12(2)17-16(23-4)19-15(11)21-7-5-20(6-8-21)9-14-10-22-13(3)18-14/h10H,5-9H2,1-4H3. The fraction of sp³-hybridized carbons (Fsp3) is 0.562. The number of anilines is 1. The molecule has 1 saturated heterocycles. The summed E-state index contributed by atoms with van der Waals surface area (Å²) in [7, 11) is 0. The minimum absolute atomic E-state index is 0.732. The summed E-state index contributed by atoms with van der Waals surface area (Å²) in [5, 5.41) is 0.851. The van der Waals surface area contributed by atoms with Crippen molar-refractivity contribution in [3.8, 4) is 0 Å². The van der Waals surface area contributed by atoms with Crippen molar-refractivity contribution in [1.82, 2.24) is 19.9 Å². The molecule has 0 aliphatic carbocycles. The molecule has 3 rings (SSSR count). The van der Waals surface area contributed by atoms with Gasteiger partial charge in [0, 0.05) is 50.9 Å². The Morgan fingerprint density at radius 1 is 1.09 bits per heavy atom. The molecule has 0 atom stereocenters. The van der Waals surface area contributed by atoms with Crippen LogP contribution in [0.4, 0.5) is 5.82 Å². The molecule has 23 heavy (non-hydrogen) atoms. The largest absolute Gasteiger partial charge is 0.449 e. The van der Waals surface area contributed by atoms with Gasteiger partial charge in [0.25, 0.3) is 0 Å². The van der Waals surface area contributed by atoms with Gasteiger partial charge < -0.3 is 9.32 Å². The van der Waals surface area contributed by atoms with Crippen LogP contribution in [0.2, 0.25) is 0 Å². The molecule has 0 spiro atoms. The van der Waals surface area contributed by atoms with Gasteiger partial charge in [-0.15, -0.1) is 0 Å². The summed E-state index contributed by atoms with van der Waals surface area (Å²) < 4.78 is 5.28. The number of rotatable bonds is 4. The summed E-state index contributed by atoms with van der Waals surface area (Å²) in [5.41, 5.74) is 3.26. The molecule has 0 aromatic carbocycles. The highest BCUT2D eigenvalue weighted by Crippen LogP contribution is 2.24. The second-order valence-electron chi connectivity index (χ2n) is 5.87. The molecular formula is C16H23N5OS. The van der Waals surface area contributed by atoms with Crippen molar-refractivity contribution in [2.24, 2.45) is 0 Å². The maximum Gasteiger partial charge on any atom is 0.191 e. The smallest absolute Gasteiger partial charge is 0.191 e. The summed E-state index contributed by atoms with van der Waals surface area (Å²) in [6.07, 6.45) is 3.77. The lowest BCUT2D eigenvalue weighted by molar-refractivity contribution is 0.246. The summed E-state index contributed by atoms with van der Waals surface area (Å²) in [4.78, 5) is 18.4. The van der Waals surface area contributed by atoms with Crippen LogP contribution in [0.3, 0.4) is 0 Å². The van der Waals surface area contributed by atoms with E-state index in [-0.39, 0.29) is 0 Å². The normalized spacial score (nSPS) is 16.1. The van der Waals surface area contributed by atoms with Crippen LogP contribution in [-0.4, -0.2) is 52.3 Å². The lowest BCUT2D eigenvalue weighted by Gasteiger charge is -2.35. The molecule has 0 bridgehead atoms. The predicted octanol–water partition coefficient (Wildman–Crippen LogP) is 2.43. The van der Waals surface area contributed by atoms with Crippen LogP contribution in [0.5, 0.6) is 0 Å². The Bertz CT molecular complexity index is 679. The van der Waals surface area contributed by atoms with Crippen LogP contribution in [0.15, 0.2) is 15.8 Å². The number of hydrogen-bond donors (Lipinski definition) is 0. The maximum atomic E-state index is 5.28. The van der Waals surface area contributed by atoms with E-state index in [2.05, 4.69) is 33.6 Å². The number of thioether (sulfide) groups is 1. The fourth-order valence-electron chi connectivity index (χ4n) is 2.82. The predicted molar refractivity (Wildman–Crippen MR) is 92.0 cm³/mol. The van der Waals surface area contributed by atoms with Crippen LogP contribution in [-0.2, 0) is 6.54 Å². The molecule has 0 unspecified atom stereocenters. The van der Waals surface area contributed by atoms with E-state index in [4.69, 9.17) is 9.40 Å². The average molecular weight is 333 g/mol. The molecule has 0 radical (unpaired) electrons. The molecular weight excluding hydrogens is 310 g/mol. The minimum atomic E-state index is 0.732. The number of aromatic nitrogens is 3. The highest BCUT2D eigenvalue weighted by molar-refractivity contribution is 7.98. The second kappa shape index (κ2) is 6.88. The van der Waals surface area contributed by atoms with E-state index < -0.39 is 0 Å². The Hall–Kier alpha value is -1.60. The number of nitrogens with zero attached hydrogens (tertiary/aromatic N) is 5. The fourth-order valence-corrected chi connectivity index (χ4v) is 3.22. The lowest BCUT2D eigenvalue weighted by atomic mass is 10.2. The van der Waals surface area contributed by atoms with Gasteiger partial charge in [0.1, 0.15) is 12.1 Å². The zero-order chi connectivity index (χ0) is 16.4. The molecule has 3 heterocycles. The van der Waals surface area contributed by atoms with Gasteiger partial charge in [-0.1, -0.05) is 11.8 Å². The Balaban J connectivity index is 1.66. The quantitative estimate of drug-likeness (QED) is 0.629. The van der Waals surface area contributed by atoms with Gasteiger partial charge in [-0.3, -0.25) is 4.90 Å². The average Bonchev–Trinajstić information content (AvgIpc) is 2.96. The number of aryl methyl sites for hydroxylation is 2. The molecule has 124 valence electrons. The molecule has 0 saturated carbocycles. The van der Waals surface area contributed by atoms with Gasteiger partial charge >= 0.3 is 0 Å². The first-order valence-electron chi connectivity index (χ1n) is 7.84. The van der Waals surface area contributed by atoms with Gasteiger partial charge in [-0.25, -0.2) is 15.0 Å². The molecule has 1 fully saturated rings. The SMILES string of the molecule is CSc1nc(C)c(C)c(N2CCN(Cc3coc(C)n3)CC2)n1. The van der Waals surface area contributed by atoms with Crippen LogP contribution in [0.25, 0.3) is 0 Å². The van der Waals surface area contributed by atoms with Crippen molar-refractivity contribution < 1.29 is 4.42 Å². The van der Waals surface area contributed by atoms with E-state index >= 15 is 0 Å². The van der Waals surface area contributed by atoms with Crippen molar-refractivity contribution in [3.63, 3.8) is 0 Å². The monoisotopic (exact) mass is 333 g/mol. The van der Waals surface area contributed by atoms with Gasteiger partial charge in [-0.2, -0.15) is 0 Å². The van der Waals surface area contributed by atoms with Crippen molar-refractivity contribution >= 4 is 17.6 Å². The first kappa shape index (κ1) is 16.3. The van der Waals surface area contributed by atoms with Crippen LogP contribution in [0, 0.1) is 20.8 Å². The Kier molecular flexibility index (Phi) is 4.87. The van der Waals surface area contributed by atoms with Gasteiger partial charge in [0.05, 0.1) is 5.69 Å². The third-order valence-electron chi connectivity index (χ3n) is 4.25. The van der Waals surface area contributed by atoms with E-state index in [1.807, 2.05) is 13.2 Å². The van der Waals surface area contributed by atoms with E-state index in [0.29, 0.717) is 0 Å². The molecule has 2 aromatic rings. The molecule has 7 heteroatoms. The number of hydrogen-bond acceptors (Lipinski definition) is 7. The topological polar surface area (TPSA) is 58.3 Å². The number of piperazine rings is 1. The highest BCUT2D eigenvalue weighted by atomic mass is 32.2. The van der Waals surface area contributed by atoms with Crippen LogP contribution < -0.4 is 4.90 Å². The maximum absolute atomic E-state index is 5.28. The third kappa shape index (κ3) is 3.67. The lowest BCUT2D eigenvalue weighted by Crippen LogP contribution is -2.46. The Morgan fingerprint density at radius 2 is 1.83 bits per heavy atom. The van der Waals surface area contributed by atoms with Crippen molar-refractivity contribution in [1.29, 1.82) is 0 Å². The van der Waals surface area contributed by atoms with Crippen molar-refractivity contribution in [3.05, 3.63) is 29.1 Å². The number of oxazole rings is 1. The van der Waals surface area contributed by atoms with Gasteiger partial charge in [0.2, 0.25) is 0 Å². The highest BCUT2D eigenvalue weighted by Gasteiger charge is 2.21. The van der Waals surface area contributed by atoms with Gasteiger partial charge in [0.15, 0.2) is 11.0 Å². The van der Waals surface area contributed by atoms with Crippen molar-refractivity contribution in [2.75, 3.05) is 37.3 Å². The Morgan fingerprint density at radius 3 is 2.43 bits per heavy atom. The first-order chi connectivity index (χ1) is 11.1. The van der Waals surface area contributed by atoms with Crippen LogP contribution >= 0.6 is 11.8 Å². The van der Waals surface area contributed by atoms with E-state index in [9.17, 15) is 0 Å². The molecule has 1 aliphatic rings. The first-order valence-corrected chi connectivity index (χ1v) is 9.07. The molecule has 6 nitrogen and oxygen atoms in total. The Labute approximate surface area is 141 Å².